The van der Waals surface area contributed by atoms with Crippen LogP contribution in [0.15, 0.2) is 47.4 Å². The van der Waals surface area contributed by atoms with Gasteiger partial charge in [0.05, 0.1) is 13.2 Å². The van der Waals surface area contributed by atoms with Crippen LogP contribution in [-0.4, -0.2) is 58.1 Å². The van der Waals surface area contributed by atoms with Crippen molar-refractivity contribution in [2.24, 2.45) is 0 Å². The van der Waals surface area contributed by atoms with Crippen molar-refractivity contribution in [2.75, 3.05) is 18.5 Å². The SMILES string of the molecule is CCCCOC(=O)Nc1ccnc(=O)n1[C@@H]1O[C@H](CO)[C@@H](OC(=O)CCc2ccccc2)C1(F)F. The average Bonchev–Trinajstić information content (AvgIpc) is 3.08. The molecule has 0 aliphatic carbocycles. The smallest absolute Gasteiger partial charge is 0.412 e. The van der Waals surface area contributed by atoms with E-state index in [0.717, 1.165) is 24.2 Å². The molecule has 190 valence electrons. The molecule has 0 saturated carbocycles. The molecule has 1 amide bonds. The minimum atomic E-state index is -3.94. The highest BCUT2D eigenvalue weighted by molar-refractivity contribution is 5.83. The van der Waals surface area contributed by atoms with Crippen molar-refractivity contribution < 1.29 is 37.7 Å². The average molecular weight is 495 g/mol. The van der Waals surface area contributed by atoms with Crippen LogP contribution in [0, 0.1) is 0 Å². The third kappa shape index (κ3) is 6.40. The zero-order valence-electron chi connectivity index (χ0n) is 19.1. The first-order valence-corrected chi connectivity index (χ1v) is 11.2. The molecule has 3 atom stereocenters. The number of hydrogen-bond donors (Lipinski definition) is 2. The summed E-state index contributed by atoms with van der Waals surface area (Å²) in [6, 6.07) is 10.0. The fourth-order valence-corrected chi connectivity index (χ4v) is 3.53. The molecule has 2 heterocycles. The third-order valence-electron chi connectivity index (χ3n) is 5.33. The molecule has 1 aromatic carbocycles. The Morgan fingerprint density at radius 2 is 2.00 bits per heavy atom. The van der Waals surface area contributed by atoms with Gasteiger partial charge in [0, 0.05) is 12.6 Å². The normalized spacial score (nSPS) is 20.9. The summed E-state index contributed by atoms with van der Waals surface area (Å²) >= 11 is 0. The molecule has 1 aliphatic heterocycles. The van der Waals surface area contributed by atoms with E-state index in [-0.39, 0.29) is 25.3 Å². The number of amides is 1. The number of aryl methyl sites for hydroxylation is 1. The summed E-state index contributed by atoms with van der Waals surface area (Å²) in [5.41, 5.74) is -0.326. The Hall–Kier alpha value is -3.38. The largest absolute Gasteiger partial charge is 0.453 e. The molecule has 1 aliphatic rings. The maximum Gasteiger partial charge on any atom is 0.412 e. The van der Waals surface area contributed by atoms with E-state index in [4.69, 9.17) is 14.2 Å². The molecule has 3 rings (SSSR count). The fourth-order valence-electron chi connectivity index (χ4n) is 3.53. The monoisotopic (exact) mass is 495 g/mol. The number of nitrogens with zero attached hydrogens (tertiary/aromatic N) is 2. The number of carbonyl (C=O) groups excluding carboxylic acids is 2. The van der Waals surface area contributed by atoms with Crippen molar-refractivity contribution in [1.82, 2.24) is 9.55 Å². The first-order chi connectivity index (χ1) is 16.8. The molecule has 0 bridgehead atoms. The van der Waals surface area contributed by atoms with E-state index in [1.807, 2.05) is 6.92 Å². The van der Waals surface area contributed by atoms with E-state index in [9.17, 15) is 19.5 Å². The molecule has 35 heavy (non-hydrogen) atoms. The van der Waals surface area contributed by atoms with Gasteiger partial charge in [0.15, 0.2) is 6.10 Å². The van der Waals surface area contributed by atoms with Crippen LogP contribution < -0.4 is 11.0 Å². The van der Waals surface area contributed by atoms with Gasteiger partial charge in [0.25, 0.3) is 0 Å². The number of carbonyl (C=O) groups is 2. The van der Waals surface area contributed by atoms with Gasteiger partial charge in [-0.2, -0.15) is 8.78 Å². The first kappa shape index (κ1) is 26.2. The van der Waals surface area contributed by atoms with Gasteiger partial charge in [0.2, 0.25) is 6.23 Å². The van der Waals surface area contributed by atoms with E-state index in [1.165, 1.54) is 0 Å². The molecular weight excluding hydrogens is 468 g/mol. The highest BCUT2D eigenvalue weighted by atomic mass is 19.3. The Morgan fingerprint density at radius 3 is 2.69 bits per heavy atom. The van der Waals surface area contributed by atoms with Crippen LogP contribution in [0.1, 0.15) is 38.0 Å². The molecule has 1 fully saturated rings. The van der Waals surface area contributed by atoms with Gasteiger partial charge in [-0.1, -0.05) is 43.7 Å². The van der Waals surface area contributed by atoms with Crippen LogP contribution >= 0.6 is 0 Å². The van der Waals surface area contributed by atoms with Gasteiger partial charge in [-0.05, 0) is 24.5 Å². The van der Waals surface area contributed by atoms with Crippen LogP contribution in [0.4, 0.5) is 19.4 Å². The summed E-state index contributed by atoms with van der Waals surface area (Å²) in [6.45, 7) is 1.09. The number of aliphatic hydroxyl groups excluding tert-OH is 1. The van der Waals surface area contributed by atoms with Gasteiger partial charge in [-0.15, -0.1) is 0 Å². The second-order valence-electron chi connectivity index (χ2n) is 7.88. The number of ether oxygens (including phenoxy) is 3. The number of benzene rings is 1. The fraction of sp³-hybridized carbons (Fsp3) is 0.478. The molecule has 1 saturated heterocycles. The lowest BCUT2D eigenvalue weighted by molar-refractivity contribution is -0.176. The minimum Gasteiger partial charge on any atom is -0.453 e. The second kappa shape index (κ2) is 11.8. The van der Waals surface area contributed by atoms with Crippen LogP contribution in [-0.2, 0) is 25.4 Å². The van der Waals surface area contributed by atoms with E-state index < -0.39 is 48.7 Å². The van der Waals surface area contributed by atoms with Crippen LogP contribution in [0.2, 0.25) is 0 Å². The molecule has 1 aromatic heterocycles. The summed E-state index contributed by atoms with van der Waals surface area (Å²) in [5, 5.41) is 11.8. The summed E-state index contributed by atoms with van der Waals surface area (Å²) in [7, 11) is 0. The first-order valence-electron chi connectivity index (χ1n) is 11.2. The summed E-state index contributed by atoms with van der Waals surface area (Å²) in [5.74, 6) is -5.22. The molecule has 2 N–H and O–H groups in total. The highest BCUT2D eigenvalue weighted by Crippen LogP contribution is 2.44. The van der Waals surface area contributed by atoms with E-state index in [0.29, 0.717) is 11.0 Å². The Labute approximate surface area is 199 Å². The topological polar surface area (TPSA) is 129 Å². The van der Waals surface area contributed by atoms with Crippen molar-refractivity contribution in [2.45, 2.75) is 57.0 Å². The van der Waals surface area contributed by atoms with Crippen molar-refractivity contribution in [3.8, 4) is 0 Å². The zero-order valence-corrected chi connectivity index (χ0v) is 19.1. The van der Waals surface area contributed by atoms with Crippen molar-refractivity contribution in [1.29, 1.82) is 0 Å². The molecule has 0 spiro atoms. The Morgan fingerprint density at radius 1 is 1.26 bits per heavy atom. The summed E-state index contributed by atoms with van der Waals surface area (Å²) in [4.78, 5) is 40.2. The molecule has 0 unspecified atom stereocenters. The minimum absolute atomic E-state index is 0.0985. The standard InChI is InChI=1S/C23H27F2N3O7/c1-2-3-13-33-22(32)27-17-11-12-26-21(31)28(17)20-23(24,25)19(16(14-29)34-20)35-18(30)10-9-15-7-5-4-6-8-15/h4-8,11-12,16,19-20,29H,2-3,9-10,13-14H2,1H3,(H,27,32)/t16-,19-,20-/m1/s1. The van der Waals surface area contributed by atoms with Gasteiger partial charge < -0.3 is 19.3 Å². The predicted octanol–water partition coefficient (Wildman–Crippen LogP) is 2.66. The lowest BCUT2D eigenvalue weighted by atomic mass is 10.1. The Balaban J connectivity index is 1.77. The van der Waals surface area contributed by atoms with Crippen molar-refractivity contribution in [3.05, 3.63) is 58.6 Å². The number of hydrogen-bond acceptors (Lipinski definition) is 8. The second-order valence-corrected chi connectivity index (χ2v) is 7.88. The lowest BCUT2D eigenvalue weighted by Gasteiger charge is -2.25. The number of anilines is 1. The quantitative estimate of drug-likeness (QED) is 0.380. The lowest BCUT2D eigenvalue weighted by Crippen LogP contribution is -2.45. The van der Waals surface area contributed by atoms with Crippen LogP contribution in [0.3, 0.4) is 0 Å². The number of halogens is 2. The number of alkyl halides is 2. The highest BCUT2D eigenvalue weighted by Gasteiger charge is 2.62. The zero-order chi connectivity index (χ0) is 25.4. The third-order valence-corrected chi connectivity index (χ3v) is 5.33. The number of esters is 1. The number of nitrogens with one attached hydrogen (secondary N) is 1. The Kier molecular flexibility index (Phi) is 8.88. The number of aliphatic hydroxyl groups is 1. The summed E-state index contributed by atoms with van der Waals surface area (Å²) < 4.78 is 46.5. The summed E-state index contributed by atoms with van der Waals surface area (Å²) in [6.07, 6.45) is -4.58. The number of rotatable bonds is 10. The molecule has 2 aromatic rings. The van der Waals surface area contributed by atoms with E-state index in [2.05, 4.69) is 10.3 Å². The molecule has 10 nitrogen and oxygen atoms in total. The maximum atomic E-state index is 15.4. The molecular formula is C23H27F2N3O7. The molecule has 0 radical (unpaired) electrons. The van der Waals surface area contributed by atoms with Gasteiger partial charge >= 0.3 is 23.7 Å². The maximum absolute atomic E-state index is 15.4. The van der Waals surface area contributed by atoms with Gasteiger partial charge in [-0.3, -0.25) is 10.1 Å². The van der Waals surface area contributed by atoms with Crippen molar-refractivity contribution in [3.63, 3.8) is 0 Å². The van der Waals surface area contributed by atoms with Crippen molar-refractivity contribution >= 4 is 17.9 Å². The number of unbranched alkanes of at least 4 members (excludes halogenated alkanes) is 1. The molecule has 12 heteroatoms. The number of aromatic nitrogens is 2. The van der Waals surface area contributed by atoms with Gasteiger partial charge in [0.1, 0.15) is 11.9 Å². The van der Waals surface area contributed by atoms with Crippen LogP contribution in [0.25, 0.3) is 0 Å². The van der Waals surface area contributed by atoms with Crippen LogP contribution in [0.5, 0.6) is 0 Å². The Bertz CT molecular complexity index is 1060. The predicted molar refractivity (Wildman–Crippen MR) is 119 cm³/mol. The van der Waals surface area contributed by atoms with E-state index in [1.54, 1.807) is 30.3 Å². The van der Waals surface area contributed by atoms with E-state index >= 15 is 8.78 Å². The van der Waals surface area contributed by atoms with Gasteiger partial charge in [-0.25, -0.2) is 19.1 Å².